The Kier molecular flexibility index (Phi) is 9.86. The van der Waals surface area contributed by atoms with E-state index in [0.29, 0.717) is 36.0 Å². The third-order valence-electron chi connectivity index (χ3n) is 6.71. The summed E-state index contributed by atoms with van der Waals surface area (Å²) in [7, 11) is 0. The maximum absolute atomic E-state index is 13.8. The van der Waals surface area contributed by atoms with Crippen LogP contribution in [0.4, 0.5) is 23.2 Å². The molecule has 14 heteroatoms. The van der Waals surface area contributed by atoms with E-state index >= 15 is 0 Å². The molecule has 0 radical (unpaired) electrons. The van der Waals surface area contributed by atoms with Gasteiger partial charge in [0, 0.05) is 42.2 Å². The van der Waals surface area contributed by atoms with Crippen LogP contribution in [0.5, 0.6) is 5.75 Å². The number of hydrazine groups is 1. The van der Waals surface area contributed by atoms with Gasteiger partial charge in [-0.05, 0) is 66.0 Å². The van der Waals surface area contributed by atoms with Crippen molar-refractivity contribution >= 4 is 17.5 Å². The van der Waals surface area contributed by atoms with E-state index in [1.807, 2.05) is 0 Å². The lowest BCUT2D eigenvalue weighted by atomic mass is 9.85. The lowest BCUT2D eigenvalue weighted by molar-refractivity contribution is -0.138. The van der Waals surface area contributed by atoms with Gasteiger partial charge in [0.25, 0.3) is 5.91 Å². The van der Waals surface area contributed by atoms with Crippen LogP contribution in [0.1, 0.15) is 35.6 Å². The second-order valence-corrected chi connectivity index (χ2v) is 9.70. The Morgan fingerprint density at radius 3 is 2.63 bits per heavy atom. The van der Waals surface area contributed by atoms with Crippen LogP contribution in [0.2, 0.25) is 0 Å². The van der Waals surface area contributed by atoms with Crippen molar-refractivity contribution in [1.29, 1.82) is 0 Å². The highest BCUT2D eigenvalue weighted by Gasteiger charge is 2.50. The highest BCUT2D eigenvalue weighted by Crippen LogP contribution is 2.35. The first kappa shape index (κ1) is 31.3. The van der Waals surface area contributed by atoms with Gasteiger partial charge >= 0.3 is 6.18 Å². The molecule has 4 rings (SSSR count). The fraction of sp³-hybridized carbons (Fsp3) is 0.310. The summed E-state index contributed by atoms with van der Waals surface area (Å²) in [6.07, 6.45) is -5.16. The molecule has 1 heterocycles. The molecule has 0 saturated heterocycles. The van der Waals surface area contributed by atoms with Gasteiger partial charge in [0.05, 0.1) is 12.2 Å². The number of ether oxygens (including phenoxy) is 2. The zero-order valence-electron chi connectivity index (χ0n) is 22.9. The number of halogens is 4. The lowest BCUT2D eigenvalue weighted by Crippen LogP contribution is -2.55. The zero-order valence-corrected chi connectivity index (χ0v) is 22.9. The number of hydrogen-bond acceptors (Lipinski definition) is 7. The first-order valence-electron chi connectivity index (χ1n) is 13.2. The van der Waals surface area contributed by atoms with E-state index in [1.165, 1.54) is 0 Å². The van der Waals surface area contributed by atoms with Crippen molar-refractivity contribution in [2.24, 2.45) is 10.1 Å². The van der Waals surface area contributed by atoms with Crippen LogP contribution < -0.4 is 15.6 Å². The van der Waals surface area contributed by atoms with Gasteiger partial charge < -0.3 is 14.6 Å². The number of benzene rings is 3. The Bertz CT molecular complexity index is 1530. The zero-order chi connectivity index (χ0) is 31.0. The Balaban J connectivity index is 1.61. The van der Waals surface area contributed by atoms with E-state index in [-0.39, 0.29) is 36.7 Å². The lowest BCUT2D eigenvalue weighted by Gasteiger charge is -2.28. The highest BCUT2D eigenvalue weighted by atomic mass is 19.4. The number of nitrogens with zero attached hydrogens (tertiary/aromatic N) is 4. The predicted octanol–water partition coefficient (Wildman–Crippen LogP) is 5.52. The molecule has 0 aliphatic carbocycles. The molecule has 0 spiro atoms. The number of hydrogen-bond donors (Lipinski definition) is 3. The number of nitrogens with one attached hydrogen (secondary N) is 2. The number of alkyl halides is 3. The maximum Gasteiger partial charge on any atom is 0.416 e. The van der Waals surface area contributed by atoms with E-state index in [0.717, 1.165) is 12.1 Å². The summed E-state index contributed by atoms with van der Waals surface area (Å²) in [5.41, 5.74) is 12.6. The van der Waals surface area contributed by atoms with E-state index in [1.54, 1.807) is 55.5 Å². The van der Waals surface area contributed by atoms with Crippen LogP contribution in [0.3, 0.4) is 0 Å². The summed E-state index contributed by atoms with van der Waals surface area (Å²) in [4.78, 5) is 21.3. The minimum absolute atomic E-state index is 0.000734. The van der Waals surface area contributed by atoms with Crippen LogP contribution in [0, 0.1) is 5.82 Å². The molecule has 1 amide bonds. The number of amides is 1. The quantitative estimate of drug-likeness (QED) is 0.0628. The van der Waals surface area contributed by atoms with E-state index in [4.69, 9.17) is 20.1 Å². The monoisotopic (exact) mass is 600 g/mol. The minimum atomic E-state index is -4.74. The fourth-order valence-electron chi connectivity index (χ4n) is 4.49. The van der Waals surface area contributed by atoms with E-state index in [9.17, 15) is 22.4 Å². The normalized spacial score (nSPS) is 17.9. The van der Waals surface area contributed by atoms with Gasteiger partial charge in [0.1, 0.15) is 17.7 Å². The van der Waals surface area contributed by atoms with Crippen molar-refractivity contribution in [2.75, 3.05) is 13.2 Å². The van der Waals surface area contributed by atoms with Crippen molar-refractivity contribution in [2.45, 2.75) is 44.1 Å². The maximum atomic E-state index is 13.8. The van der Waals surface area contributed by atoms with Gasteiger partial charge in [0.15, 0.2) is 5.54 Å². The fourth-order valence-corrected chi connectivity index (χ4v) is 4.49. The number of carbonyl (C=O) groups excluding carboxylic acids is 1. The molecule has 0 bridgehead atoms. The van der Waals surface area contributed by atoms with Crippen LogP contribution in [0.25, 0.3) is 10.4 Å². The predicted molar refractivity (Wildman–Crippen MR) is 149 cm³/mol. The average Bonchev–Trinajstić information content (AvgIpc) is 3.30. The number of carbonyl (C=O) groups is 1. The third-order valence-corrected chi connectivity index (χ3v) is 6.71. The van der Waals surface area contributed by atoms with Crippen molar-refractivity contribution in [1.82, 2.24) is 10.9 Å². The highest BCUT2D eigenvalue weighted by molar-refractivity contribution is 6.00. The topological polar surface area (TPSA) is 141 Å². The van der Waals surface area contributed by atoms with Crippen molar-refractivity contribution in [3.63, 3.8) is 0 Å². The summed E-state index contributed by atoms with van der Waals surface area (Å²) in [6.45, 7) is 1.65. The molecule has 0 fully saturated rings. The Morgan fingerprint density at radius 1 is 1.19 bits per heavy atom. The van der Waals surface area contributed by atoms with Crippen molar-refractivity contribution in [3.8, 4) is 5.75 Å². The molecule has 3 aromatic rings. The van der Waals surface area contributed by atoms with Crippen LogP contribution in [-0.4, -0.2) is 41.8 Å². The summed E-state index contributed by atoms with van der Waals surface area (Å²) in [5, 5.41) is 12.6. The van der Waals surface area contributed by atoms with Gasteiger partial charge in [-0.25, -0.2) is 14.8 Å². The number of azide groups is 1. The second kappa shape index (κ2) is 13.6. The first-order valence-corrected chi connectivity index (χ1v) is 13.2. The molecule has 10 nitrogen and oxygen atoms in total. The average molecular weight is 601 g/mol. The molecule has 1 aliphatic rings. The number of aliphatic imine (C=N–C) groups is 1. The van der Waals surface area contributed by atoms with Gasteiger partial charge in [-0.15, -0.1) is 0 Å². The first-order chi connectivity index (χ1) is 20.6. The molecule has 0 saturated carbocycles. The number of aliphatic hydroxyl groups excluding tert-OH is 1. The molecular weight excluding hydrogens is 572 g/mol. The Hall–Kier alpha value is -4.65. The largest absolute Gasteiger partial charge is 0.494 e. The summed E-state index contributed by atoms with van der Waals surface area (Å²) < 4.78 is 64.8. The van der Waals surface area contributed by atoms with Crippen molar-refractivity contribution in [3.05, 3.63) is 105 Å². The minimum Gasteiger partial charge on any atom is -0.494 e. The molecule has 3 aromatic carbocycles. The number of rotatable bonds is 12. The molecule has 3 N–H and O–H groups in total. The molecule has 226 valence electrons. The van der Waals surface area contributed by atoms with Gasteiger partial charge in [0.2, 0.25) is 5.90 Å². The number of aliphatic hydroxyl groups is 1. The molecule has 43 heavy (non-hydrogen) atoms. The Morgan fingerprint density at radius 2 is 1.93 bits per heavy atom. The smallest absolute Gasteiger partial charge is 0.416 e. The summed E-state index contributed by atoms with van der Waals surface area (Å²) in [6, 6.07) is 15.5. The van der Waals surface area contributed by atoms with E-state index < -0.39 is 35.1 Å². The van der Waals surface area contributed by atoms with Gasteiger partial charge in [-0.1, -0.05) is 29.4 Å². The molecule has 0 aromatic heterocycles. The summed E-state index contributed by atoms with van der Waals surface area (Å²) >= 11 is 0. The molecule has 2 atom stereocenters. The SMILES string of the molecule is C[C@@H]1OC(c2ccc(OCCCO)cc2)=N[C@]1(Cc1ccccc1N=[N+]=[N-])C(=O)NNCc1cc(F)cc(C(F)(F)F)c1. The molecule has 1 aliphatic heterocycles. The van der Waals surface area contributed by atoms with Gasteiger partial charge in [-0.3, -0.25) is 10.2 Å². The third kappa shape index (κ3) is 7.60. The van der Waals surface area contributed by atoms with Crippen LogP contribution >= 0.6 is 0 Å². The van der Waals surface area contributed by atoms with Crippen LogP contribution in [-0.2, 0) is 28.7 Å². The standard InChI is InChI=1S/C29H28F4N6O4/c1-18-28(16-21-5-2-3-6-25(21)37-39-34,36-26(43-18)20-7-9-24(10-8-20)42-12-4-11-40)27(41)38-35-17-19-13-22(29(31,32)33)15-23(30)14-19/h2-3,5-10,13-15,18,35,40H,4,11-12,16-17H2,1H3,(H,38,41)/t18-,28-/m0/s1. The second-order valence-electron chi connectivity index (χ2n) is 9.70. The van der Waals surface area contributed by atoms with E-state index in [2.05, 4.69) is 25.9 Å². The van der Waals surface area contributed by atoms with Crippen LogP contribution in [0.15, 0.2) is 76.8 Å². The van der Waals surface area contributed by atoms with Gasteiger partial charge in [-0.2, -0.15) is 13.2 Å². The Labute approximate surface area is 243 Å². The molecular formula is C29H28F4N6O4. The summed E-state index contributed by atoms with van der Waals surface area (Å²) in [5.74, 6) is -1.03. The van der Waals surface area contributed by atoms with Crippen molar-refractivity contribution < 1.29 is 36.9 Å². The molecule has 0 unspecified atom stereocenters.